The topological polar surface area (TPSA) is 21.7 Å². The van der Waals surface area contributed by atoms with Gasteiger partial charge in [-0.05, 0) is 23.1 Å². The first-order chi connectivity index (χ1) is 9.47. The van der Waals surface area contributed by atoms with Crippen molar-refractivity contribution in [3.63, 3.8) is 0 Å². The molecule has 1 aromatic carbocycles. The molecular weight excluding hydrogens is 257 g/mol. The van der Waals surface area contributed by atoms with Gasteiger partial charge in [0.2, 0.25) is 0 Å². The molecule has 4 heteroatoms. The number of nitrogens with zero attached hydrogens (tertiary/aromatic N) is 1. The van der Waals surface area contributed by atoms with Crippen LogP contribution in [0.1, 0.15) is 26.3 Å². The van der Waals surface area contributed by atoms with Gasteiger partial charge in [-0.25, -0.2) is 4.39 Å². The zero-order chi connectivity index (χ0) is 14.6. The predicted molar refractivity (Wildman–Crippen MR) is 77.9 cm³/mol. The van der Waals surface area contributed by atoms with Crippen molar-refractivity contribution >= 4 is 0 Å². The van der Waals surface area contributed by atoms with Crippen LogP contribution in [0.4, 0.5) is 4.39 Å². The van der Waals surface area contributed by atoms with Crippen molar-refractivity contribution in [1.29, 1.82) is 0 Å². The number of hydrogen-bond donors (Lipinski definition) is 0. The molecule has 0 aliphatic carbocycles. The van der Waals surface area contributed by atoms with Gasteiger partial charge in [-0.1, -0.05) is 26.8 Å². The summed E-state index contributed by atoms with van der Waals surface area (Å²) in [7, 11) is 0. The lowest BCUT2D eigenvalue weighted by atomic mass is 9.87. The van der Waals surface area contributed by atoms with Gasteiger partial charge in [0.1, 0.15) is 6.61 Å². The SMILES string of the molecule is CC(C)(C)c1ccc(F)c(OCCN2CCOCC2)c1. The summed E-state index contributed by atoms with van der Waals surface area (Å²) in [6.07, 6.45) is 0. The van der Waals surface area contributed by atoms with Crippen LogP contribution in [0.5, 0.6) is 5.75 Å². The van der Waals surface area contributed by atoms with E-state index in [0.717, 1.165) is 38.4 Å². The normalized spacial score (nSPS) is 17.2. The highest BCUT2D eigenvalue weighted by atomic mass is 19.1. The minimum atomic E-state index is -0.292. The van der Waals surface area contributed by atoms with Crippen molar-refractivity contribution in [2.75, 3.05) is 39.5 Å². The van der Waals surface area contributed by atoms with Crippen LogP contribution in [0.25, 0.3) is 0 Å². The van der Waals surface area contributed by atoms with Crippen molar-refractivity contribution in [2.45, 2.75) is 26.2 Å². The van der Waals surface area contributed by atoms with E-state index in [2.05, 4.69) is 25.7 Å². The smallest absolute Gasteiger partial charge is 0.165 e. The second-order valence-electron chi connectivity index (χ2n) is 6.20. The lowest BCUT2D eigenvalue weighted by Crippen LogP contribution is -2.38. The quantitative estimate of drug-likeness (QED) is 0.847. The summed E-state index contributed by atoms with van der Waals surface area (Å²) < 4.78 is 24.7. The lowest BCUT2D eigenvalue weighted by molar-refractivity contribution is 0.0320. The Labute approximate surface area is 120 Å². The molecule has 0 aromatic heterocycles. The monoisotopic (exact) mass is 281 g/mol. The van der Waals surface area contributed by atoms with Crippen LogP contribution in [-0.2, 0) is 10.2 Å². The fraction of sp³-hybridized carbons (Fsp3) is 0.625. The molecule has 1 fully saturated rings. The van der Waals surface area contributed by atoms with Crippen LogP contribution >= 0.6 is 0 Å². The van der Waals surface area contributed by atoms with E-state index in [9.17, 15) is 4.39 Å². The molecule has 0 amide bonds. The Morgan fingerprint density at radius 3 is 2.60 bits per heavy atom. The van der Waals surface area contributed by atoms with Gasteiger partial charge in [-0.3, -0.25) is 4.90 Å². The van der Waals surface area contributed by atoms with E-state index in [1.807, 2.05) is 12.1 Å². The summed E-state index contributed by atoms with van der Waals surface area (Å²) in [6.45, 7) is 11.0. The molecule has 1 aliphatic rings. The molecule has 0 unspecified atom stereocenters. The van der Waals surface area contributed by atoms with Crippen molar-refractivity contribution < 1.29 is 13.9 Å². The molecule has 0 radical (unpaired) electrons. The molecule has 3 nitrogen and oxygen atoms in total. The standard InChI is InChI=1S/C16H24FNO2/c1-16(2,3)13-4-5-14(17)15(12-13)20-11-8-18-6-9-19-10-7-18/h4-5,12H,6-11H2,1-3H3. The number of benzene rings is 1. The van der Waals surface area contributed by atoms with Crippen molar-refractivity contribution in [3.05, 3.63) is 29.6 Å². The molecule has 0 spiro atoms. The summed E-state index contributed by atoms with van der Waals surface area (Å²) in [5, 5.41) is 0. The van der Waals surface area contributed by atoms with E-state index < -0.39 is 0 Å². The Morgan fingerprint density at radius 1 is 1.25 bits per heavy atom. The second-order valence-corrected chi connectivity index (χ2v) is 6.20. The molecule has 2 rings (SSSR count). The van der Waals surface area contributed by atoms with Crippen LogP contribution in [0.3, 0.4) is 0 Å². The predicted octanol–water partition coefficient (Wildman–Crippen LogP) is 2.83. The van der Waals surface area contributed by atoms with Gasteiger partial charge in [0, 0.05) is 19.6 Å². The fourth-order valence-corrected chi connectivity index (χ4v) is 2.19. The molecule has 112 valence electrons. The molecular formula is C16H24FNO2. The van der Waals surface area contributed by atoms with Crippen LogP contribution in [0.2, 0.25) is 0 Å². The average Bonchev–Trinajstić information content (AvgIpc) is 2.41. The van der Waals surface area contributed by atoms with Gasteiger partial charge in [0.05, 0.1) is 13.2 Å². The highest BCUT2D eigenvalue weighted by Gasteiger charge is 2.16. The van der Waals surface area contributed by atoms with Crippen LogP contribution < -0.4 is 4.74 Å². The third-order valence-corrected chi connectivity index (χ3v) is 3.57. The first-order valence-corrected chi connectivity index (χ1v) is 7.20. The maximum absolute atomic E-state index is 13.8. The molecule has 0 bridgehead atoms. The maximum Gasteiger partial charge on any atom is 0.165 e. The second kappa shape index (κ2) is 6.55. The van der Waals surface area contributed by atoms with E-state index in [4.69, 9.17) is 9.47 Å². The van der Waals surface area contributed by atoms with Crippen molar-refractivity contribution in [1.82, 2.24) is 4.90 Å². The zero-order valence-corrected chi connectivity index (χ0v) is 12.6. The Hall–Kier alpha value is -1.13. The van der Waals surface area contributed by atoms with Gasteiger partial charge in [-0.15, -0.1) is 0 Å². The van der Waals surface area contributed by atoms with Crippen LogP contribution in [-0.4, -0.2) is 44.4 Å². The minimum Gasteiger partial charge on any atom is -0.489 e. The third kappa shape index (κ3) is 4.18. The highest BCUT2D eigenvalue weighted by molar-refractivity contribution is 5.34. The first kappa shape index (κ1) is 15.3. The molecule has 0 N–H and O–H groups in total. The van der Waals surface area contributed by atoms with Gasteiger partial charge in [-0.2, -0.15) is 0 Å². The minimum absolute atomic E-state index is 0.00395. The van der Waals surface area contributed by atoms with Gasteiger partial charge in [0.15, 0.2) is 11.6 Å². The summed E-state index contributed by atoms with van der Waals surface area (Å²) in [5.41, 5.74) is 1.08. The number of hydrogen-bond acceptors (Lipinski definition) is 3. The molecule has 0 saturated carbocycles. The summed E-state index contributed by atoms with van der Waals surface area (Å²) >= 11 is 0. The Morgan fingerprint density at radius 2 is 1.95 bits per heavy atom. The van der Waals surface area contributed by atoms with E-state index in [1.54, 1.807) is 0 Å². The zero-order valence-electron chi connectivity index (χ0n) is 12.6. The molecule has 1 heterocycles. The number of halogens is 1. The van der Waals surface area contributed by atoms with Gasteiger partial charge in [0.25, 0.3) is 0 Å². The lowest BCUT2D eigenvalue weighted by Gasteiger charge is -2.26. The Bertz CT molecular complexity index is 437. The summed E-state index contributed by atoms with van der Waals surface area (Å²) in [4.78, 5) is 2.27. The number of ether oxygens (including phenoxy) is 2. The largest absolute Gasteiger partial charge is 0.489 e. The highest BCUT2D eigenvalue weighted by Crippen LogP contribution is 2.27. The summed E-state index contributed by atoms with van der Waals surface area (Å²) in [5.74, 6) is 0.0608. The van der Waals surface area contributed by atoms with Gasteiger partial charge >= 0.3 is 0 Å². The molecule has 0 atom stereocenters. The van der Waals surface area contributed by atoms with Crippen LogP contribution in [0.15, 0.2) is 18.2 Å². The Balaban J connectivity index is 1.91. The fourth-order valence-electron chi connectivity index (χ4n) is 2.19. The number of rotatable bonds is 4. The van der Waals surface area contributed by atoms with E-state index in [-0.39, 0.29) is 11.2 Å². The Kier molecular flexibility index (Phi) is 5.00. The molecule has 1 saturated heterocycles. The van der Waals surface area contributed by atoms with Crippen molar-refractivity contribution in [2.24, 2.45) is 0 Å². The van der Waals surface area contributed by atoms with E-state index in [0.29, 0.717) is 12.4 Å². The molecule has 20 heavy (non-hydrogen) atoms. The van der Waals surface area contributed by atoms with E-state index >= 15 is 0 Å². The average molecular weight is 281 g/mol. The molecule has 1 aliphatic heterocycles. The first-order valence-electron chi connectivity index (χ1n) is 7.20. The van der Waals surface area contributed by atoms with E-state index in [1.165, 1.54) is 6.07 Å². The summed E-state index contributed by atoms with van der Waals surface area (Å²) in [6, 6.07) is 5.13. The maximum atomic E-state index is 13.8. The third-order valence-electron chi connectivity index (χ3n) is 3.57. The van der Waals surface area contributed by atoms with Gasteiger partial charge < -0.3 is 9.47 Å². The molecule has 1 aromatic rings. The van der Waals surface area contributed by atoms with Crippen LogP contribution in [0, 0.1) is 5.82 Å². The number of morpholine rings is 1. The van der Waals surface area contributed by atoms with Crippen molar-refractivity contribution in [3.8, 4) is 5.75 Å².